The fraction of sp³-hybridized carbons (Fsp3) is 0.389. The molecule has 0 unspecified atom stereocenters. The van der Waals surface area contributed by atoms with Crippen molar-refractivity contribution in [2.75, 3.05) is 0 Å². The van der Waals surface area contributed by atoms with Gasteiger partial charge in [0, 0.05) is 33.6 Å². The van der Waals surface area contributed by atoms with Crippen LogP contribution in [0.3, 0.4) is 0 Å². The zero-order chi connectivity index (χ0) is 15.9. The van der Waals surface area contributed by atoms with Gasteiger partial charge in [0.1, 0.15) is 0 Å². The molecule has 0 spiro atoms. The zero-order valence-corrected chi connectivity index (χ0v) is 14.3. The van der Waals surface area contributed by atoms with E-state index in [9.17, 15) is 4.79 Å². The predicted molar refractivity (Wildman–Crippen MR) is 90.4 cm³/mol. The molecule has 1 heterocycles. The molecule has 2 rings (SSSR count). The fourth-order valence-corrected chi connectivity index (χ4v) is 2.89. The number of aromatic amines is 1. The van der Waals surface area contributed by atoms with Crippen molar-refractivity contribution >= 4 is 11.6 Å². The third kappa shape index (κ3) is 3.06. The maximum absolute atomic E-state index is 12.0. The molecule has 1 aromatic carbocycles. The minimum atomic E-state index is -0.00300. The first kappa shape index (κ1) is 15.8. The first-order valence-corrected chi connectivity index (χ1v) is 7.50. The van der Waals surface area contributed by atoms with E-state index in [1.165, 1.54) is 0 Å². The molecule has 0 amide bonds. The Balaban J connectivity index is 2.67. The quantitative estimate of drug-likeness (QED) is 0.797. The lowest BCUT2D eigenvalue weighted by Gasteiger charge is -2.22. The molecule has 0 saturated heterocycles. The molecule has 0 aliphatic rings. The molecular weight excluding hydrogens is 282 g/mol. The number of hydrogen-bond acceptors (Lipinski definition) is 1. The summed E-state index contributed by atoms with van der Waals surface area (Å²) in [5.41, 5.74) is 5.74. The van der Waals surface area contributed by atoms with Gasteiger partial charge >= 0.3 is 0 Å². The summed E-state index contributed by atoms with van der Waals surface area (Å²) in [4.78, 5) is 15.3. The van der Waals surface area contributed by atoms with Crippen LogP contribution in [0.2, 0.25) is 5.02 Å². The summed E-state index contributed by atoms with van der Waals surface area (Å²) < 4.78 is 0. The van der Waals surface area contributed by atoms with E-state index in [1.54, 1.807) is 6.07 Å². The summed E-state index contributed by atoms with van der Waals surface area (Å²) >= 11 is 6.45. The molecular formula is C18H22ClNO. The maximum atomic E-state index is 12.0. The minimum Gasteiger partial charge on any atom is -0.358 e. The van der Waals surface area contributed by atoms with Crippen molar-refractivity contribution in [3.63, 3.8) is 0 Å². The Labute approximate surface area is 131 Å². The van der Waals surface area contributed by atoms with Crippen LogP contribution in [0, 0.1) is 20.8 Å². The van der Waals surface area contributed by atoms with Crippen LogP contribution in [-0.4, -0.2) is 4.98 Å². The van der Waals surface area contributed by atoms with Crippen molar-refractivity contribution in [3.05, 3.63) is 55.8 Å². The Morgan fingerprint density at radius 1 is 1.05 bits per heavy atom. The molecule has 2 aromatic rings. The third-order valence-corrected chi connectivity index (χ3v) is 4.25. The highest BCUT2D eigenvalue weighted by Gasteiger charge is 2.19. The molecule has 112 valence electrons. The number of aromatic nitrogens is 1. The molecule has 0 atom stereocenters. The highest BCUT2D eigenvalue weighted by atomic mass is 35.5. The molecule has 1 N–H and O–H groups in total. The monoisotopic (exact) mass is 303 g/mol. The summed E-state index contributed by atoms with van der Waals surface area (Å²) in [6.07, 6.45) is 0. The van der Waals surface area contributed by atoms with Crippen LogP contribution >= 0.6 is 11.6 Å². The number of halogens is 1. The summed E-state index contributed by atoms with van der Waals surface area (Å²) in [6, 6.07) is 5.72. The van der Waals surface area contributed by atoms with Crippen molar-refractivity contribution in [2.24, 2.45) is 0 Å². The molecule has 21 heavy (non-hydrogen) atoms. The lowest BCUT2D eigenvalue weighted by molar-refractivity contribution is 0.590. The Hall–Kier alpha value is -1.54. The second kappa shape index (κ2) is 5.34. The summed E-state index contributed by atoms with van der Waals surface area (Å²) in [5.74, 6) is 0. The number of H-pyrrole nitrogens is 1. The van der Waals surface area contributed by atoms with Gasteiger partial charge in [-0.1, -0.05) is 38.4 Å². The second-order valence-corrected chi connectivity index (χ2v) is 7.10. The van der Waals surface area contributed by atoms with E-state index in [4.69, 9.17) is 11.6 Å². The van der Waals surface area contributed by atoms with E-state index in [-0.39, 0.29) is 10.8 Å². The topological polar surface area (TPSA) is 32.9 Å². The number of rotatable bonds is 1. The zero-order valence-electron chi connectivity index (χ0n) is 13.5. The number of nitrogens with one attached hydrogen (secondary N) is 1. The van der Waals surface area contributed by atoms with E-state index < -0.39 is 0 Å². The average molecular weight is 304 g/mol. The molecule has 0 radical (unpaired) electrons. The molecule has 2 nitrogen and oxygen atoms in total. The van der Waals surface area contributed by atoms with E-state index in [0.29, 0.717) is 0 Å². The number of hydrogen-bond donors (Lipinski definition) is 1. The Morgan fingerprint density at radius 2 is 1.67 bits per heavy atom. The highest BCUT2D eigenvalue weighted by molar-refractivity contribution is 6.31. The van der Waals surface area contributed by atoms with Gasteiger partial charge in [0.05, 0.1) is 0 Å². The van der Waals surface area contributed by atoms with Crippen molar-refractivity contribution < 1.29 is 0 Å². The number of pyridine rings is 1. The Morgan fingerprint density at radius 3 is 2.19 bits per heavy atom. The van der Waals surface area contributed by atoms with E-state index in [2.05, 4.69) is 38.7 Å². The number of benzene rings is 1. The van der Waals surface area contributed by atoms with Crippen LogP contribution < -0.4 is 5.43 Å². The summed E-state index contributed by atoms with van der Waals surface area (Å²) in [6.45, 7) is 12.2. The minimum absolute atomic E-state index is 0.00300. The van der Waals surface area contributed by atoms with Gasteiger partial charge in [0.2, 0.25) is 0 Å². The van der Waals surface area contributed by atoms with Crippen LogP contribution in [0.4, 0.5) is 0 Å². The van der Waals surface area contributed by atoms with Gasteiger partial charge in [-0.3, -0.25) is 4.79 Å². The van der Waals surface area contributed by atoms with E-state index in [1.807, 2.05) is 19.9 Å². The van der Waals surface area contributed by atoms with E-state index in [0.717, 1.165) is 38.7 Å². The smallest absolute Gasteiger partial charge is 0.185 e. The lowest BCUT2D eigenvalue weighted by Crippen LogP contribution is -2.13. The Kier molecular flexibility index (Phi) is 4.03. The van der Waals surface area contributed by atoms with Crippen molar-refractivity contribution in [1.29, 1.82) is 0 Å². The van der Waals surface area contributed by atoms with Crippen molar-refractivity contribution in [2.45, 2.75) is 47.0 Å². The van der Waals surface area contributed by atoms with Gasteiger partial charge < -0.3 is 4.98 Å². The Bertz CT molecular complexity index is 751. The molecule has 0 fully saturated rings. The van der Waals surface area contributed by atoms with Gasteiger partial charge in [0.15, 0.2) is 5.43 Å². The van der Waals surface area contributed by atoms with Crippen LogP contribution in [0.25, 0.3) is 11.3 Å². The van der Waals surface area contributed by atoms with Gasteiger partial charge in [-0.05, 0) is 43.4 Å². The number of aryl methyl sites for hydroxylation is 2. The normalized spacial score (nSPS) is 11.8. The lowest BCUT2D eigenvalue weighted by atomic mass is 9.85. The second-order valence-electron chi connectivity index (χ2n) is 6.69. The summed E-state index contributed by atoms with van der Waals surface area (Å²) in [5, 5.41) is 0.738. The molecule has 0 bridgehead atoms. The van der Waals surface area contributed by atoms with Crippen LogP contribution in [-0.2, 0) is 5.41 Å². The molecule has 3 heteroatoms. The highest BCUT2D eigenvalue weighted by Crippen LogP contribution is 2.34. The standard InChI is InChI=1S/C18H22ClNO/c1-10-7-14(18(4,5)6)15(19)8-13(10)16-9-17(21)11(2)12(3)20-16/h7-9H,1-6H3,(H,20,21). The first-order valence-electron chi connectivity index (χ1n) is 7.13. The van der Waals surface area contributed by atoms with Gasteiger partial charge in [0.25, 0.3) is 0 Å². The third-order valence-electron chi connectivity index (χ3n) is 3.94. The molecule has 0 aliphatic heterocycles. The summed E-state index contributed by atoms with van der Waals surface area (Å²) in [7, 11) is 0. The predicted octanol–water partition coefficient (Wildman–Crippen LogP) is 4.92. The van der Waals surface area contributed by atoms with Crippen molar-refractivity contribution in [3.8, 4) is 11.3 Å². The molecule has 0 aliphatic carbocycles. The van der Waals surface area contributed by atoms with Crippen LogP contribution in [0.15, 0.2) is 23.0 Å². The van der Waals surface area contributed by atoms with Gasteiger partial charge in [-0.2, -0.15) is 0 Å². The van der Waals surface area contributed by atoms with Crippen molar-refractivity contribution in [1.82, 2.24) is 4.98 Å². The SMILES string of the molecule is Cc1cc(C(C)(C)C)c(Cl)cc1-c1cc(=O)c(C)c(C)[nH]1. The van der Waals surface area contributed by atoms with Gasteiger partial charge in [-0.25, -0.2) is 0 Å². The largest absolute Gasteiger partial charge is 0.358 e. The van der Waals surface area contributed by atoms with E-state index >= 15 is 0 Å². The first-order chi connectivity index (χ1) is 9.61. The average Bonchev–Trinajstić information content (AvgIpc) is 2.36. The fourth-order valence-electron chi connectivity index (χ4n) is 2.45. The maximum Gasteiger partial charge on any atom is 0.185 e. The van der Waals surface area contributed by atoms with Gasteiger partial charge in [-0.15, -0.1) is 0 Å². The van der Waals surface area contributed by atoms with Crippen LogP contribution in [0.5, 0.6) is 0 Å². The molecule has 0 saturated carbocycles. The van der Waals surface area contributed by atoms with Crippen LogP contribution in [0.1, 0.15) is 43.2 Å². The molecule has 1 aromatic heterocycles.